The topological polar surface area (TPSA) is 157 Å². The average molecular weight is 327 g/mol. The number of anilines is 1. The SMILES string of the molecule is Nc1ncnc2c1ncn2[C@@H]1C=C[C@H](P(=O)(O)O)O[C@@H]1CO. The molecule has 0 radical (unpaired) electrons. The second-order valence-corrected chi connectivity index (χ2v) is 6.48. The van der Waals surface area contributed by atoms with Crippen molar-refractivity contribution < 1.29 is 24.2 Å². The lowest BCUT2D eigenvalue weighted by Crippen LogP contribution is -2.35. The Morgan fingerprint density at radius 1 is 1.32 bits per heavy atom. The molecule has 3 heterocycles. The van der Waals surface area contributed by atoms with Crippen molar-refractivity contribution in [3.63, 3.8) is 0 Å². The van der Waals surface area contributed by atoms with E-state index < -0.39 is 32.2 Å². The first kappa shape index (κ1) is 15.1. The van der Waals surface area contributed by atoms with Gasteiger partial charge in [-0.3, -0.25) is 4.57 Å². The Labute approximate surface area is 124 Å². The highest BCUT2D eigenvalue weighted by atomic mass is 31.2. The van der Waals surface area contributed by atoms with Crippen LogP contribution < -0.4 is 5.73 Å². The van der Waals surface area contributed by atoms with E-state index in [1.807, 2.05) is 0 Å². The van der Waals surface area contributed by atoms with Gasteiger partial charge in [0.1, 0.15) is 17.9 Å². The van der Waals surface area contributed by atoms with Gasteiger partial charge in [-0.2, -0.15) is 0 Å². The molecule has 0 bridgehead atoms. The number of nitrogens with two attached hydrogens (primary N) is 1. The third-order valence-electron chi connectivity index (χ3n) is 3.39. The summed E-state index contributed by atoms with van der Waals surface area (Å²) in [6.45, 7) is -0.425. The Kier molecular flexibility index (Phi) is 3.71. The minimum atomic E-state index is -4.44. The molecule has 11 heteroatoms. The van der Waals surface area contributed by atoms with Gasteiger partial charge in [0.05, 0.1) is 19.0 Å². The summed E-state index contributed by atoms with van der Waals surface area (Å²) in [5.41, 5.74) is 6.57. The normalized spacial score (nSPS) is 25.7. The number of hydrogen-bond acceptors (Lipinski definition) is 7. The van der Waals surface area contributed by atoms with Crippen LogP contribution in [0.4, 0.5) is 5.82 Å². The fourth-order valence-electron chi connectivity index (χ4n) is 2.34. The number of imidazole rings is 1. The van der Waals surface area contributed by atoms with Gasteiger partial charge in [-0.25, -0.2) is 15.0 Å². The van der Waals surface area contributed by atoms with Gasteiger partial charge in [0.25, 0.3) is 0 Å². The highest BCUT2D eigenvalue weighted by Crippen LogP contribution is 2.46. The van der Waals surface area contributed by atoms with E-state index in [1.165, 1.54) is 18.7 Å². The lowest BCUT2D eigenvalue weighted by Gasteiger charge is -2.32. The summed E-state index contributed by atoms with van der Waals surface area (Å²) in [7, 11) is -4.44. The van der Waals surface area contributed by atoms with Gasteiger partial charge in [0.15, 0.2) is 17.3 Å². The molecule has 0 saturated heterocycles. The predicted molar refractivity (Wildman–Crippen MR) is 75.7 cm³/mol. The maximum absolute atomic E-state index is 11.3. The number of aliphatic hydroxyl groups excluding tert-OH is 1. The molecule has 0 fully saturated rings. The summed E-state index contributed by atoms with van der Waals surface area (Å²) in [5.74, 6) is -1.16. The zero-order chi connectivity index (χ0) is 15.9. The third kappa shape index (κ3) is 2.51. The minimum Gasteiger partial charge on any atom is -0.394 e. The van der Waals surface area contributed by atoms with Crippen molar-refractivity contribution in [1.29, 1.82) is 0 Å². The van der Waals surface area contributed by atoms with Crippen LogP contribution in [0.1, 0.15) is 6.04 Å². The largest absolute Gasteiger partial charge is 0.394 e. The molecule has 3 atom stereocenters. The molecule has 5 N–H and O–H groups in total. The smallest absolute Gasteiger partial charge is 0.357 e. The summed E-state index contributed by atoms with van der Waals surface area (Å²) in [5, 5.41) is 9.47. The Bertz CT molecular complexity index is 771. The van der Waals surface area contributed by atoms with E-state index in [1.54, 1.807) is 10.6 Å². The Hall–Kier alpha value is -1.84. The van der Waals surface area contributed by atoms with E-state index in [4.69, 9.17) is 10.5 Å². The van der Waals surface area contributed by atoms with Crippen LogP contribution in [0.15, 0.2) is 24.8 Å². The molecule has 0 saturated carbocycles. The summed E-state index contributed by atoms with van der Waals surface area (Å²) in [6.07, 6.45) is 4.72. The van der Waals surface area contributed by atoms with Crippen molar-refractivity contribution in [3.05, 3.63) is 24.8 Å². The van der Waals surface area contributed by atoms with Crippen LogP contribution in [0, 0.1) is 0 Å². The van der Waals surface area contributed by atoms with Gasteiger partial charge in [-0.1, -0.05) is 6.08 Å². The zero-order valence-corrected chi connectivity index (χ0v) is 12.1. The van der Waals surface area contributed by atoms with Crippen LogP contribution in [0.3, 0.4) is 0 Å². The third-order valence-corrected chi connectivity index (χ3v) is 4.34. The molecule has 0 unspecified atom stereocenters. The van der Waals surface area contributed by atoms with Gasteiger partial charge >= 0.3 is 7.60 Å². The minimum absolute atomic E-state index is 0.220. The second-order valence-electron chi connectivity index (χ2n) is 4.80. The standard InChI is InChI=1S/C11H14N5O5P/c12-10-9-11(14-4-13-10)16(5-15-9)6-1-2-8(22(18,19)20)21-7(6)3-17/h1-2,4-8,17H,3H2,(H2,12,13,14)(H2,18,19,20)/t6-,7-,8+/m1/s1. The van der Waals surface area contributed by atoms with E-state index in [2.05, 4.69) is 15.0 Å². The summed E-state index contributed by atoms with van der Waals surface area (Å²) >= 11 is 0. The quantitative estimate of drug-likeness (QED) is 0.427. The summed E-state index contributed by atoms with van der Waals surface area (Å²) in [6, 6.07) is -0.521. The Morgan fingerprint density at radius 3 is 2.77 bits per heavy atom. The lowest BCUT2D eigenvalue weighted by atomic mass is 10.1. The van der Waals surface area contributed by atoms with Crippen molar-refractivity contribution in [1.82, 2.24) is 19.5 Å². The van der Waals surface area contributed by atoms with Crippen LogP contribution in [0.2, 0.25) is 0 Å². The highest BCUT2D eigenvalue weighted by molar-refractivity contribution is 7.52. The van der Waals surface area contributed by atoms with E-state index >= 15 is 0 Å². The van der Waals surface area contributed by atoms with E-state index in [9.17, 15) is 19.5 Å². The summed E-state index contributed by atoms with van der Waals surface area (Å²) < 4.78 is 18.2. The monoisotopic (exact) mass is 327 g/mol. The van der Waals surface area contributed by atoms with Crippen LogP contribution >= 0.6 is 7.60 Å². The molecule has 1 aliphatic rings. The van der Waals surface area contributed by atoms with Gasteiger partial charge in [0.2, 0.25) is 0 Å². The molecule has 1 aliphatic heterocycles. The molecular formula is C11H14N5O5P. The second kappa shape index (κ2) is 5.41. The molecule has 2 aromatic rings. The van der Waals surface area contributed by atoms with Crippen molar-refractivity contribution in [3.8, 4) is 0 Å². The van der Waals surface area contributed by atoms with Crippen molar-refractivity contribution in [2.75, 3.05) is 12.3 Å². The maximum Gasteiger partial charge on any atom is 0.357 e. The number of nitrogens with zero attached hydrogens (tertiary/aromatic N) is 4. The van der Waals surface area contributed by atoms with Gasteiger partial charge < -0.3 is 29.9 Å². The number of rotatable bonds is 3. The van der Waals surface area contributed by atoms with Gasteiger partial charge in [0, 0.05) is 0 Å². The number of hydrogen-bond donors (Lipinski definition) is 4. The molecule has 2 aromatic heterocycles. The average Bonchev–Trinajstić information content (AvgIpc) is 2.91. The van der Waals surface area contributed by atoms with E-state index in [0.29, 0.717) is 11.2 Å². The Morgan fingerprint density at radius 2 is 2.09 bits per heavy atom. The van der Waals surface area contributed by atoms with Gasteiger partial charge in [-0.05, 0) is 6.08 Å². The fraction of sp³-hybridized carbons (Fsp3) is 0.364. The molecule has 0 aromatic carbocycles. The van der Waals surface area contributed by atoms with Crippen LogP contribution in [-0.2, 0) is 9.30 Å². The number of nitrogen functional groups attached to an aromatic ring is 1. The maximum atomic E-state index is 11.3. The lowest BCUT2D eigenvalue weighted by molar-refractivity contribution is -0.0251. The number of aliphatic hydroxyl groups is 1. The molecule has 10 nitrogen and oxygen atoms in total. The number of fused-ring (bicyclic) bond motifs is 1. The van der Waals surface area contributed by atoms with Crippen LogP contribution in [-0.4, -0.2) is 53.0 Å². The molecule has 22 heavy (non-hydrogen) atoms. The first-order chi connectivity index (χ1) is 10.4. The van der Waals surface area contributed by atoms with Crippen LogP contribution in [0.5, 0.6) is 0 Å². The van der Waals surface area contributed by atoms with Crippen molar-refractivity contribution in [2.45, 2.75) is 18.0 Å². The van der Waals surface area contributed by atoms with Crippen molar-refractivity contribution in [2.24, 2.45) is 0 Å². The fourth-order valence-corrected chi connectivity index (χ4v) is 2.98. The molecule has 0 spiro atoms. The van der Waals surface area contributed by atoms with Gasteiger partial charge in [-0.15, -0.1) is 0 Å². The molecule has 0 aliphatic carbocycles. The molecular weight excluding hydrogens is 313 g/mol. The molecule has 0 amide bonds. The van der Waals surface area contributed by atoms with E-state index in [0.717, 1.165) is 0 Å². The van der Waals surface area contributed by atoms with E-state index in [-0.39, 0.29) is 5.82 Å². The highest BCUT2D eigenvalue weighted by Gasteiger charge is 2.37. The molecule has 3 rings (SSSR count). The zero-order valence-electron chi connectivity index (χ0n) is 11.2. The molecule has 118 valence electrons. The van der Waals surface area contributed by atoms with Crippen LogP contribution in [0.25, 0.3) is 11.2 Å². The Balaban J connectivity index is 2.03. The number of ether oxygens (including phenoxy) is 1. The first-order valence-electron chi connectivity index (χ1n) is 6.34. The summed E-state index contributed by atoms with van der Waals surface area (Å²) in [4.78, 5) is 30.4. The number of aromatic nitrogens is 4. The first-order valence-corrected chi connectivity index (χ1v) is 8.03. The van der Waals surface area contributed by atoms with Crippen molar-refractivity contribution >= 4 is 24.6 Å². The predicted octanol–water partition coefficient (Wildman–Crippen LogP) is -0.599.